The molecule has 3 aromatic carbocycles. The number of anilines is 4. The smallest absolute Gasteiger partial charge is 0.258 e. The molecular weight excluding hydrogens is 1420 g/mol. The number of nitrogens with two attached hydrogens (primary N) is 1. The number of nitrogens with zero attached hydrogens (tertiary/aromatic N) is 16. The van der Waals surface area contributed by atoms with Gasteiger partial charge in [-0.2, -0.15) is 0 Å². The SMILES string of the molecule is CCN1CCN(c2ccc3nc(-c4ccc5nc(C)oc5c4)cc(=O)n3c2)CC1.COc1ccc(-c2cc(=O)n3cc(N4CCC(N(C)C)C4)ccc3n2)cc1F.COc1ccc(-c2cc(=O)n3cc(N4CCC(N)CC4)ccc3n2)cc1F.COc1cnc(-c2cc(=O)n3cc(N4CCNCC4)ccc3n2)cc1OC. The summed E-state index contributed by atoms with van der Waals surface area (Å²) in [7, 11) is 10.1. The predicted molar refractivity (Wildman–Crippen MR) is 427 cm³/mol. The van der Waals surface area contributed by atoms with Gasteiger partial charge < -0.3 is 63.8 Å². The number of aromatic nitrogens is 10. The minimum atomic E-state index is -0.490. The number of halogens is 2. The van der Waals surface area contributed by atoms with Crippen molar-refractivity contribution in [1.82, 2.24) is 62.6 Å². The second kappa shape index (κ2) is 33.3. The van der Waals surface area contributed by atoms with Crippen LogP contribution in [0.3, 0.4) is 0 Å². The Morgan fingerprint density at radius 1 is 0.468 bits per heavy atom. The Morgan fingerprint density at radius 3 is 1.34 bits per heavy atom. The second-order valence-electron chi connectivity index (χ2n) is 27.8. The van der Waals surface area contributed by atoms with E-state index in [9.17, 15) is 28.0 Å². The number of likely N-dealkylation sites (N-methyl/N-ethyl adjacent to an activating group) is 2. The van der Waals surface area contributed by atoms with Crippen LogP contribution < -0.4 is 71.8 Å². The Kier molecular flexibility index (Phi) is 22.7. The van der Waals surface area contributed by atoms with Crippen LogP contribution in [0.25, 0.3) is 78.8 Å². The molecule has 4 aliphatic rings. The fraction of sp³-hybridized carbons (Fsp3) is 0.317. The van der Waals surface area contributed by atoms with Crippen molar-refractivity contribution in [2.24, 2.45) is 5.73 Å². The van der Waals surface area contributed by atoms with Gasteiger partial charge in [0.25, 0.3) is 22.2 Å². The summed E-state index contributed by atoms with van der Waals surface area (Å²) < 4.78 is 60.3. The number of oxazole rings is 1. The summed E-state index contributed by atoms with van der Waals surface area (Å²) in [6, 6.07) is 38.6. The molecule has 4 aliphatic heterocycles. The Bertz CT molecular complexity index is 5810. The van der Waals surface area contributed by atoms with Crippen LogP contribution >= 0.6 is 0 Å². The van der Waals surface area contributed by atoms with Gasteiger partial charge in [-0.1, -0.05) is 13.0 Å². The Hall–Kier alpha value is -12.2. The molecule has 0 aliphatic carbocycles. The van der Waals surface area contributed by atoms with E-state index in [2.05, 4.69) is 86.7 Å². The highest BCUT2D eigenvalue weighted by Crippen LogP contribution is 2.32. The van der Waals surface area contributed by atoms with Gasteiger partial charge >= 0.3 is 0 Å². The first kappa shape index (κ1) is 75.6. The first-order valence-corrected chi connectivity index (χ1v) is 36.9. The number of piperidine rings is 1. The van der Waals surface area contributed by atoms with Crippen LogP contribution in [0.2, 0.25) is 0 Å². The topological polar surface area (TPSA) is 271 Å². The standard InChI is InChI=1S/C22H23N5O2.C21H23FN4O2.C20H21FN4O2.C19H21N5O3/c1-3-25-8-10-26(11-9-25)17-5-7-21-24-19(13-22(28)27(21)14-17)16-4-6-18-20(12-16)29-15(2)23-18;1-24(2)15-8-9-25(12-15)16-5-7-20-23-18(11-21(27)26(20)13-16)14-4-6-19(28-3)17(22)10-14;1-27-18-4-2-13(10-16(18)21)17-11-20(26)25-12-15(3-5-19(25)23-17)24-8-6-14(22)7-9-24;1-26-16-9-14(21-11-17(16)27-2)15-10-19(25)24-12-13(3-4-18(24)22-15)23-7-5-20-6-8-23/h4-7,12-14H,3,8-11H2,1-2H3;4-7,10-11,13,15H,8-9,12H2,1-3H3;2-5,10-12,14H,6-9,22H2,1H3;3-4,9-12,20H,5-8H2,1-2H3. The fourth-order valence-electron chi connectivity index (χ4n) is 14.2. The van der Waals surface area contributed by atoms with Crippen LogP contribution in [0.1, 0.15) is 32.1 Å². The molecule has 1 unspecified atom stereocenters. The lowest BCUT2D eigenvalue weighted by Crippen LogP contribution is -2.46. The number of piperazine rings is 2. The molecule has 0 spiro atoms. The van der Waals surface area contributed by atoms with Gasteiger partial charge in [-0.25, -0.2) is 33.7 Å². The van der Waals surface area contributed by atoms with Crippen molar-refractivity contribution in [3.63, 3.8) is 0 Å². The van der Waals surface area contributed by atoms with Crippen LogP contribution in [0.5, 0.6) is 23.0 Å². The first-order valence-electron chi connectivity index (χ1n) is 36.9. The van der Waals surface area contributed by atoms with Gasteiger partial charge in [0.15, 0.2) is 46.1 Å². The molecule has 27 nitrogen and oxygen atoms in total. The van der Waals surface area contributed by atoms with Crippen LogP contribution in [0.15, 0.2) is 188 Å². The molecule has 1 atom stereocenters. The van der Waals surface area contributed by atoms with E-state index in [0.717, 1.165) is 138 Å². The minimum absolute atomic E-state index is 0.0899. The summed E-state index contributed by atoms with van der Waals surface area (Å²) in [5, 5.41) is 3.33. The van der Waals surface area contributed by atoms with Gasteiger partial charge in [0.1, 0.15) is 28.1 Å². The largest absolute Gasteiger partial charge is 0.494 e. The van der Waals surface area contributed by atoms with Gasteiger partial charge in [0, 0.05) is 169 Å². The normalized spacial score (nSPS) is 15.5. The van der Waals surface area contributed by atoms with E-state index in [4.69, 9.17) is 34.1 Å². The van der Waals surface area contributed by atoms with Crippen molar-refractivity contribution in [3.05, 3.63) is 223 Å². The van der Waals surface area contributed by atoms with E-state index in [1.165, 1.54) is 61.1 Å². The Labute approximate surface area is 638 Å². The second-order valence-corrected chi connectivity index (χ2v) is 27.8. The maximum atomic E-state index is 14.0. The summed E-state index contributed by atoms with van der Waals surface area (Å²) in [5.41, 5.74) is 17.6. The van der Waals surface area contributed by atoms with Crippen molar-refractivity contribution in [2.45, 2.75) is 45.2 Å². The fourth-order valence-corrected chi connectivity index (χ4v) is 14.2. The molecular formula is C82H88F2N18O9. The number of fused-ring (bicyclic) bond motifs is 5. The monoisotopic (exact) mass is 1510 g/mol. The molecule has 4 saturated heterocycles. The van der Waals surface area contributed by atoms with E-state index in [-0.39, 0.29) is 39.8 Å². The zero-order valence-electron chi connectivity index (χ0n) is 63.2. The molecule has 10 aromatic heterocycles. The molecule has 13 aromatic rings. The minimum Gasteiger partial charge on any atom is -0.494 e. The zero-order valence-corrected chi connectivity index (χ0v) is 63.2. The Morgan fingerprint density at radius 2 is 0.892 bits per heavy atom. The number of nitrogens with one attached hydrogen (secondary N) is 1. The summed E-state index contributed by atoms with van der Waals surface area (Å²) >= 11 is 0. The molecule has 0 radical (unpaired) electrons. The zero-order chi connectivity index (χ0) is 77.6. The molecule has 111 heavy (non-hydrogen) atoms. The summed E-state index contributed by atoms with van der Waals surface area (Å²) in [4.78, 5) is 91.6. The molecule has 0 saturated carbocycles. The van der Waals surface area contributed by atoms with Crippen molar-refractivity contribution < 1.29 is 32.1 Å². The lowest BCUT2D eigenvalue weighted by Gasteiger charge is -2.35. The van der Waals surface area contributed by atoms with Crippen LogP contribution in [-0.2, 0) is 0 Å². The van der Waals surface area contributed by atoms with E-state index in [1.807, 2.05) is 86.2 Å². The van der Waals surface area contributed by atoms with Crippen LogP contribution in [0, 0.1) is 18.6 Å². The molecule has 0 bridgehead atoms. The Balaban J connectivity index is 0.000000123. The highest BCUT2D eigenvalue weighted by Gasteiger charge is 2.26. The first-order chi connectivity index (χ1) is 53.8. The van der Waals surface area contributed by atoms with Crippen molar-refractivity contribution >= 4 is 56.4 Å². The summed E-state index contributed by atoms with van der Waals surface area (Å²) in [6.45, 7) is 16.5. The number of benzene rings is 3. The highest BCUT2D eigenvalue weighted by atomic mass is 19.1. The molecule has 0 amide bonds. The van der Waals surface area contributed by atoms with Crippen molar-refractivity contribution in [2.75, 3.05) is 147 Å². The van der Waals surface area contributed by atoms with E-state index in [0.29, 0.717) is 91.2 Å². The number of methoxy groups -OCH3 is 4. The molecule has 574 valence electrons. The van der Waals surface area contributed by atoms with E-state index in [1.54, 1.807) is 64.1 Å². The lowest BCUT2D eigenvalue weighted by atomic mass is 10.1. The van der Waals surface area contributed by atoms with Gasteiger partial charge in [-0.3, -0.25) is 41.8 Å². The summed E-state index contributed by atoms with van der Waals surface area (Å²) in [6.07, 6.45) is 11.9. The number of ether oxygens (including phenoxy) is 4. The third-order valence-corrected chi connectivity index (χ3v) is 20.6. The summed E-state index contributed by atoms with van der Waals surface area (Å²) in [5.74, 6) is 1.03. The van der Waals surface area contributed by atoms with Crippen molar-refractivity contribution in [1.29, 1.82) is 0 Å². The van der Waals surface area contributed by atoms with Gasteiger partial charge in [0.2, 0.25) is 0 Å². The molecule has 3 N–H and O–H groups in total. The number of hydrogen-bond donors (Lipinski definition) is 2. The molecule has 17 rings (SSSR count). The van der Waals surface area contributed by atoms with Gasteiger partial charge in [-0.15, -0.1) is 0 Å². The average Bonchev–Trinajstić information content (AvgIpc) is 1.47. The maximum absolute atomic E-state index is 14.0. The quantitative estimate of drug-likeness (QED) is 0.103. The molecule has 29 heteroatoms. The molecule has 14 heterocycles. The van der Waals surface area contributed by atoms with Crippen LogP contribution in [0.4, 0.5) is 31.5 Å². The highest BCUT2D eigenvalue weighted by molar-refractivity contribution is 5.80. The number of rotatable bonds is 14. The number of aryl methyl sites for hydroxylation is 1. The lowest BCUT2D eigenvalue weighted by molar-refractivity contribution is 0.271. The predicted octanol–water partition coefficient (Wildman–Crippen LogP) is 9.22. The van der Waals surface area contributed by atoms with Gasteiger partial charge in [-0.05, 0) is 137 Å². The van der Waals surface area contributed by atoms with E-state index < -0.39 is 11.6 Å². The third kappa shape index (κ3) is 16.9. The average molecular weight is 1510 g/mol. The number of pyridine rings is 5. The van der Waals surface area contributed by atoms with Crippen molar-refractivity contribution in [3.8, 4) is 68.2 Å². The number of hydrogen-bond acceptors (Lipinski definition) is 23. The van der Waals surface area contributed by atoms with Gasteiger partial charge in [0.05, 0.1) is 85.9 Å². The molecule has 4 fully saturated rings. The third-order valence-electron chi connectivity index (χ3n) is 20.6. The maximum Gasteiger partial charge on any atom is 0.258 e. The van der Waals surface area contributed by atoms with Crippen LogP contribution in [-0.4, -0.2) is 197 Å². The van der Waals surface area contributed by atoms with E-state index >= 15 is 0 Å².